The van der Waals surface area contributed by atoms with Crippen LogP contribution in [0.5, 0.6) is 0 Å². The third kappa shape index (κ3) is 2.94. The van der Waals surface area contributed by atoms with E-state index in [1.54, 1.807) is 0 Å². The lowest BCUT2D eigenvalue weighted by molar-refractivity contribution is 0.144. The Hall–Kier alpha value is -1.09. The summed E-state index contributed by atoms with van der Waals surface area (Å²) in [5, 5.41) is 0. The van der Waals surface area contributed by atoms with Crippen LogP contribution in [-0.4, -0.2) is 18.1 Å². The van der Waals surface area contributed by atoms with Gasteiger partial charge in [-0.25, -0.2) is 0 Å². The molecule has 2 fully saturated rings. The molecular formula is C18H29N3. The summed E-state index contributed by atoms with van der Waals surface area (Å²) in [6.45, 7) is 7.15. The number of nitrogens with zero attached hydrogens (tertiary/aromatic N) is 2. The standard InChI is InChI=1S/C18H29N3/c1-14-12-17(16(13-19)15(2)20-14)21-10-8-18(9-11-21)6-4-3-5-7-18/h12H,3-11,13,19H2,1-2H3. The Labute approximate surface area is 128 Å². The number of hydrogen-bond acceptors (Lipinski definition) is 3. The Morgan fingerprint density at radius 1 is 1.10 bits per heavy atom. The van der Waals surface area contributed by atoms with Crippen molar-refractivity contribution in [3.05, 3.63) is 23.0 Å². The van der Waals surface area contributed by atoms with E-state index < -0.39 is 0 Å². The lowest BCUT2D eigenvalue weighted by Crippen LogP contribution is -2.41. The molecule has 1 aliphatic carbocycles. The molecule has 3 rings (SSSR count). The molecule has 3 nitrogen and oxygen atoms in total. The molecule has 0 bridgehead atoms. The summed E-state index contributed by atoms with van der Waals surface area (Å²) < 4.78 is 0. The van der Waals surface area contributed by atoms with Gasteiger partial charge in [0.15, 0.2) is 0 Å². The van der Waals surface area contributed by atoms with Gasteiger partial charge in [-0.15, -0.1) is 0 Å². The first-order chi connectivity index (χ1) is 10.1. The van der Waals surface area contributed by atoms with Gasteiger partial charge in [-0.1, -0.05) is 19.3 Å². The second kappa shape index (κ2) is 5.96. The molecule has 1 aromatic rings. The van der Waals surface area contributed by atoms with Gasteiger partial charge in [0.1, 0.15) is 0 Å². The van der Waals surface area contributed by atoms with Gasteiger partial charge in [0.05, 0.1) is 0 Å². The van der Waals surface area contributed by atoms with E-state index in [1.807, 2.05) is 0 Å². The van der Waals surface area contributed by atoms with Gasteiger partial charge >= 0.3 is 0 Å². The van der Waals surface area contributed by atoms with Gasteiger partial charge in [-0.2, -0.15) is 0 Å². The van der Waals surface area contributed by atoms with Gasteiger partial charge in [0.2, 0.25) is 0 Å². The Bertz CT molecular complexity index is 493. The van der Waals surface area contributed by atoms with Crippen molar-refractivity contribution in [1.82, 2.24) is 4.98 Å². The summed E-state index contributed by atoms with van der Waals surface area (Å²) in [5.41, 5.74) is 11.4. The maximum Gasteiger partial charge on any atom is 0.0448 e. The molecule has 0 aromatic carbocycles. The zero-order valence-corrected chi connectivity index (χ0v) is 13.6. The van der Waals surface area contributed by atoms with Gasteiger partial charge in [-0.05, 0) is 51.0 Å². The van der Waals surface area contributed by atoms with Crippen molar-refractivity contribution in [2.24, 2.45) is 11.1 Å². The molecule has 21 heavy (non-hydrogen) atoms. The maximum absolute atomic E-state index is 5.98. The number of nitrogens with two attached hydrogens (primary N) is 1. The number of piperidine rings is 1. The van der Waals surface area contributed by atoms with Crippen LogP contribution in [0.2, 0.25) is 0 Å². The van der Waals surface area contributed by atoms with Crippen molar-refractivity contribution in [1.29, 1.82) is 0 Å². The number of aromatic nitrogens is 1. The van der Waals surface area contributed by atoms with Crippen LogP contribution in [0.25, 0.3) is 0 Å². The molecule has 116 valence electrons. The van der Waals surface area contributed by atoms with Crippen LogP contribution in [-0.2, 0) is 6.54 Å². The predicted octanol–water partition coefficient (Wildman–Crippen LogP) is 3.71. The normalized spacial score (nSPS) is 21.8. The average molecular weight is 287 g/mol. The predicted molar refractivity (Wildman–Crippen MR) is 88.6 cm³/mol. The van der Waals surface area contributed by atoms with E-state index in [4.69, 9.17) is 5.73 Å². The monoisotopic (exact) mass is 287 g/mol. The summed E-state index contributed by atoms with van der Waals surface area (Å²) in [5.74, 6) is 0. The summed E-state index contributed by atoms with van der Waals surface area (Å²) >= 11 is 0. The smallest absolute Gasteiger partial charge is 0.0448 e. The van der Waals surface area contributed by atoms with Crippen LogP contribution in [0.3, 0.4) is 0 Å². The highest BCUT2D eigenvalue weighted by molar-refractivity contribution is 5.56. The molecule has 2 N–H and O–H groups in total. The zero-order chi connectivity index (χ0) is 14.9. The van der Waals surface area contributed by atoms with Gasteiger partial charge in [0, 0.05) is 42.3 Å². The Morgan fingerprint density at radius 3 is 2.38 bits per heavy atom. The third-order valence-electron chi connectivity index (χ3n) is 5.72. The number of rotatable bonds is 2. The fraction of sp³-hybridized carbons (Fsp3) is 0.722. The molecule has 1 aliphatic heterocycles. The molecule has 1 saturated carbocycles. The first-order valence-corrected chi connectivity index (χ1v) is 8.56. The highest BCUT2D eigenvalue weighted by atomic mass is 15.1. The van der Waals surface area contributed by atoms with Crippen molar-refractivity contribution in [3.8, 4) is 0 Å². The van der Waals surface area contributed by atoms with Crippen LogP contribution < -0.4 is 10.6 Å². The summed E-state index contributed by atoms with van der Waals surface area (Å²) in [4.78, 5) is 7.14. The van der Waals surface area contributed by atoms with E-state index in [-0.39, 0.29) is 0 Å². The van der Waals surface area contributed by atoms with Crippen LogP contribution in [0.1, 0.15) is 61.9 Å². The van der Waals surface area contributed by atoms with E-state index in [9.17, 15) is 0 Å². The number of aryl methyl sites for hydroxylation is 2. The first kappa shape index (κ1) is 14.8. The van der Waals surface area contributed by atoms with Crippen molar-refractivity contribution in [3.63, 3.8) is 0 Å². The second-order valence-corrected chi connectivity index (χ2v) is 7.10. The van der Waals surface area contributed by atoms with E-state index >= 15 is 0 Å². The molecule has 0 radical (unpaired) electrons. The molecule has 1 aromatic heterocycles. The van der Waals surface area contributed by atoms with Crippen molar-refractivity contribution in [2.75, 3.05) is 18.0 Å². The molecule has 3 heteroatoms. The van der Waals surface area contributed by atoms with Gasteiger partial charge in [-0.3, -0.25) is 4.98 Å². The quantitative estimate of drug-likeness (QED) is 0.901. The lowest BCUT2D eigenvalue weighted by Gasteiger charge is -2.45. The molecule has 2 aliphatic rings. The maximum atomic E-state index is 5.98. The minimum absolute atomic E-state index is 0.593. The molecule has 0 amide bonds. The SMILES string of the molecule is Cc1cc(N2CCC3(CCCCC3)CC2)c(CN)c(C)n1. The molecule has 2 heterocycles. The molecule has 0 unspecified atom stereocenters. The Morgan fingerprint density at radius 2 is 1.76 bits per heavy atom. The number of pyridine rings is 1. The Balaban J connectivity index is 1.77. The van der Waals surface area contributed by atoms with E-state index in [2.05, 4.69) is 29.8 Å². The molecule has 0 atom stereocenters. The van der Waals surface area contributed by atoms with Crippen molar-refractivity contribution >= 4 is 5.69 Å². The fourth-order valence-corrected chi connectivity index (χ4v) is 4.39. The average Bonchev–Trinajstić information content (AvgIpc) is 2.48. The topological polar surface area (TPSA) is 42.1 Å². The largest absolute Gasteiger partial charge is 0.371 e. The van der Waals surface area contributed by atoms with Crippen LogP contribution >= 0.6 is 0 Å². The summed E-state index contributed by atoms with van der Waals surface area (Å²) in [6.07, 6.45) is 9.97. The molecular weight excluding hydrogens is 258 g/mol. The minimum Gasteiger partial charge on any atom is -0.371 e. The van der Waals surface area contributed by atoms with Crippen molar-refractivity contribution < 1.29 is 0 Å². The summed E-state index contributed by atoms with van der Waals surface area (Å²) in [6, 6.07) is 2.23. The highest BCUT2D eigenvalue weighted by Gasteiger charge is 2.35. The summed E-state index contributed by atoms with van der Waals surface area (Å²) in [7, 11) is 0. The molecule has 1 saturated heterocycles. The highest BCUT2D eigenvalue weighted by Crippen LogP contribution is 2.45. The van der Waals surface area contributed by atoms with E-state index in [0.29, 0.717) is 12.0 Å². The van der Waals surface area contributed by atoms with E-state index in [0.717, 1.165) is 11.4 Å². The van der Waals surface area contributed by atoms with Gasteiger partial charge < -0.3 is 10.6 Å². The second-order valence-electron chi connectivity index (χ2n) is 7.10. The third-order valence-corrected chi connectivity index (χ3v) is 5.72. The van der Waals surface area contributed by atoms with Gasteiger partial charge in [0.25, 0.3) is 0 Å². The van der Waals surface area contributed by atoms with Crippen molar-refractivity contribution in [2.45, 2.75) is 65.3 Å². The van der Waals surface area contributed by atoms with Crippen LogP contribution in [0.15, 0.2) is 6.07 Å². The molecule has 1 spiro atoms. The number of anilines is 1. The minimum atomic E-state index is 0.593. The van der Waals surface area contributed by atoms with E-state index in [1.165, 1.54) is 69.3 Å². The first-order valence-electron chi connectivity index (χ1n) is 8.56. The fourth-order valence-electron chi connectivity index (χ4n) is 4.39. The lowest BCUT2D eigenvalue weighted by atomic mass is 9.68. The van der Waals surface area contributed by atoms with Crippen LogP contribution in [0, 0.1) is 19.3 Å². The number of hydrogen-bond donors (Lipinski definition) is 1. The zero-order valence-electron chi connectivity index (χ0n) is 13.6. The Kier molecular flexibility index (Phi) is 4.21. The van der Waals surface area contributed by atoms with Crippen LogP contribution in [0.4, 0.5) is 5.69 Å².